The van der Waals surface area contributed by atoms with Gasteiger partial charge in [0.25, 0.3) is 5.91 Å². The van der Waals surface area contributed by atoms with Gasteiger partial charge in [0.05, 0.1) is 12.4 Å². The number of nitrogens with one attached hydrogen (secondary N) is 1. The van der Waals surface area contributed by atoms with Gasteiger partial charge < -0.3 is 5.32 Å². The van der Waals surface area contributed by atoms with Crippen LogP contribution in [0.1, 0.15) is 35.0 Å². The number of halogens is 1. The lowest BCUT2D eigenvalue weighted by atomic mass is 9.99. The molecule has 1 aliphatic heterocycles. The maximum atomic E-state index is 12.7. The number of alkyl halides is 1. The van der Waals surface area contributed by atoms with Crippen LogP contribution in [-0.2, 0) is 11.2 Å². The average molecular weight is 361 g/mol. The van der Waals surface area contributed by atoms with Crippen LogP contribution in [0.3, 0.4) is 0 Å². The molecule has 0 aliphatic carbocycles. The normalized spacial score (nSPS) is 20.2. The second-order valence-corrected chi connectivity index (χ2v) is 7.57. The molecule has 3 amide bonds. The summed E-state index contributed by atoms with van der Waals surface area (Å²) < 4.78 is 12.7. The van der Waals surface area contributed by atoms with Gasteiger partial charge in [0.1, 0.15) is 5.54 Å². The van der Waals surface area contributed by atoms with Crippen LogP contribution in [0, 0.1) is 13.8 Å². The van der Waals surface area contributed by atoms with E-state index in [2.05, 4.69) is 16.4 Å². The first-order valence-electron chi connectivity index (χ1n) is 8.08. The first-order valence-corrected chi connectivity index (χ1v) is 8.90. The Morgan fingerprint density at radius 3 is 2.76 bits per heavy atom. The topological polar surface area (TPSA) is 62.3 Å². The van der Waals surface area contributed by atoms with Gasteiger partial charge in [-0.25, -0.2) is 14.7 Å². The highest BCUT2D eigenvalue weighted by Crippen LogP contribution is 2.33. The van der Waals surface area contributed by atoms with E-state index in [0.717, 1.165) is 21.0 Å². The molecular formula is C18H20FN3O2S. The lowest BCUT2D eigenvalue weighted by molar-refractivity contribution is -0.121. The van der Waals surface area contributed by atoms with Crippen LogP contribution in [-0.4, -0.2) is 29.1 Å². The zero-order valence-electron chi connectivity index (χ0n) is 14.4. The molecule has 0 spiro atoms. The number of benzene rings is 1. The molecule has 0 saturated carbocycles. The Balaban J connectivity index is 1.87. The lowest BCUT2D eigenvalue weighted by Gasteiger charge is -2.18. The van der Waals surface area contributed by atoms with E-state index in [-0.39, 0.29) is 6.42 Å². The molecule has 5 nitrogen and oxygen atoms in total. The van der Waals surface area contributed by atoms with Gasteiger partial charge in [-0.2, -0.15) is 0 Å². The Bertz CT molecular complexity index is 835. The van der Waals surface area contributed by atoms with Gasteiger partial charge in [0, 0.05) is 17.7 Å². The molecule has 2 aromatic rings. The number of carbonyl (C=O) groups is 2. The summed E-state index contributed by atoms with van der Waals surface area (Å²) in [4.78, 5) is 31.3. The highest BCUT2D eigenvalue weighted by molar-refractivity contribution is 7.16. The molecule has 0 unspecified atom stereocenters. The molecule has 1 aromatic heterocycles. The number of hydrogen-bond acceptors (Lipinski definition) is 4. The number of anilines is 1. The highest BCUT2D eigenvalue weighted by atomic mass is 32.1. The number of hydrogen-bond donors (Lipinski definition) is 1. The first-order chi connectivity index (χ1) is 11.8. The monoisotopic (exact) mass is 361 g/mol. The fraction of sp³-hybridized carbons (Fsp3) is 0.389. The molecule has 25 heavy (non-hydrogen) atoms. The van der Waals surface area contributed by atoms with Crippen LogP contribution < -0.4 is 10.2 Å². The van der Waals surface area contributed by atoms with Crippen LogP contribution in [0.5, 0.6) is 0 Å². The third kappa shape index (κ3) is 3.28. The second-order valence-electron chi connectivity index (χ2n) is 6.51. The molecule has 0 bridgehead atoms. The summed E-state index contributed by atoms with van der Waals surface area (Å²) in [6, 6.07) is 7.63. The smallest absolute Gasteiger partial charge is 0.323 e. The Hall–Kier alpha value is -2.28. The second kappa shape index (κ2) is 6.55. The van der Waals surface area contributed by atoms with Gasteiger partial charge in [0.2, 0.25) is 5.13 Å². The number of aryl methyl sites for hydroxylation is 2. The minimum absolute atomic E-state index is 0.0470. The maximum Gasteiger partial charge on any atom is 0.331 e. The van der Waals surface area contributed by atoms with E-state index in [1.165, 1.54) is 16.9 Å². The SMILES string of the molecule is Cc1cccc(Cc2sc(N3C(=O)N[C@@](C)(CCF)C3=O)nc2C)c1. The number of thiazole rings is 1. The molecule has 1 aromatic carbocycles. The van der Waals surface area contributed by atoms with E-state index in [9.17, 15) is 14.0 Å². The minimum Gasteiger partial charge on any atom is -0.323 e. The molecule has 1 atom stereocenters. The Labute approximate surface area is 149 Å². The molecule has 7 heteroatoms. The number of rotatable bonds is 5. The zero-order chi connectivity index (χ0) is 18.2. The summed E-state index contributed by atoms with van der Waals surface area (Å²) in [6.07, 6.45) is 0.644. The van der Waals surface area contributed by atoms with Crippen LogP contribution in [0.2, 0.25) is 0 Å². The van der Waals surface area contributed by atoms with Crippen molar-refractivity contribution in [2.24, 2.45) is 0 Å². The molecule has 132 valence electrons. The molecule has 1 fully saturated rings. The summed E-state index contributed by atoms with van der Waals surface area (Å²) in [6.45, 7) is 4.77. The summed E-state index contributed by atoms with van der Waals surface area (Å²) in [5, 5.41) is 2.92. The largest absolute Gasteiger partial charge is 0.331 e. The van der Waals surface area contributed by atoms with Crippen molar-refractivity contribution in [2.75, 3.05) is 11.6 Å². The summed E-state index contributed by atoms with van der Waals surface area (Å²) in [7, 11) is 0. The molecule has 1 N–H and O–H groups in total. The number of urea groups is 1. The van der Waals surface area contributed by atoms with Gasteiger partial charge >= 0.3 is 6.03 Å². The van der Waals surface area contributed by atoms with E-state index in [1.807, 2.05) is 32.0 Å². The third-order valence-corrected chi connectivity index (χ3v) is 5.52. The highest BCUT2D eigenvalue weighted by Gasteiger charge is 2.49. The van der Waals surface area contributed by atoms with Crippen LogP contribution >= 0.6 is 11.3 Å². The Morgan fingerprint density at radius 1 is 1.32 bits per heavy atom. The number of carbonyl (C=O) groups excluding carboxylic acids is 2. The fourth-order valence-electron chi connectivity index (χ4n) is 2.90. The first kappa shape index (κ1) is 17.5. The molecular weight excluding hydrogens is 341 g/mol. The van der Waals surface area contributed by atoms with E-state index < -0.39 is 24.2 Å². The summed E-state index contributed by atoms with van der Waals surface area (Å²) in [5.41, 5.74) is 1.91. The van der Waals surface area contributed by atoms with Crippen molar-refractivity contribution in [2.45, 2.75) is 39.2 Å². The summed E-state index contributed by atoms with van der Waals surface area (Å²) >= 11 is 1.32. The van der Waals surface area contributed by atoms with Crippen molar-refractivity contribution in [1.82, 2.24) is 10.3 Å². The van der Waals surface area contributed by atoms with E-state index in [0.29, 0.717) is 11.6 Å². The standard InChI is InChI=1S/C18H20FN3O2S/c1-11-5-4-6-13(9-11)10-14-12(2)20-17(25-14)22-15(23)18(3,7-8-19)21-16(22)24/h4-6,9H,7-8,10H2,1-3H3,(H,21,24)/t18-/m0/s1. The predicted octanol–water partition coefficient (Wildman–Crippen LogP) is 3.53. The summed E-state index contributed by atoms with van der Waals surface area (Å²) in [5.74, 6) is -0.453. The molecule has 1 aliphatic rings. The molecule has 0 radical (unpaired) electrons. The van der Waals surface area contributed by atoms with Gasteiger partial charge in [-0.1, -0.05) is 29.8 Å². The van der Waals surface area contributed by atoms with Crippen LogP contribution in [0.15, 0.2) is 24.3 Å². The molecule has 3 rings (SSSR count). The van der Waals surface area contributed by atoms with Gasteiger partial charge in [-0.3, -0.25) is 9.18 Å². The van der Waals surface area contributed by atoms with Crippen molar-refractivity contribution in [3.05, 3.63) is 46.0 Å². The van der Waals surface area contributed by atoms with Gasteiger partial charge in [-0.05, 0) is 26.3 Å². The van der Waals surface area contributed by atoms with Gasteiger partial charge in [0.15, 0.2) is 0 Å². The molecule has 1 saturated heterocycles. The number of imide groups is 1. The fourth-order valence-corrected chi connectivity index (χ4v) is 3.99. The van der Waals surface area contributed by atoms with Crippen molar-refractivity contribution in [3.8, 4) is 0 Å². The number of nitrogens with zero attached hydrogens (tertiary/aromatic N) is 2. The quantitative estimate of drug-likeness (QED) is 0.829. The van der Waals surface area contributed by atoms with Crippen molar-refractivity contribution >= 4 is 28.4 Å². The molecule has 2 heterocycles. The van der Waals surface area contributed by atoms with Gasteiger partial charge in [-0.15, -0.1) is 11.3 Å². The number of amides is 3. The lowest BCUT2D eigenvalue weighted by Crippen LogP contribution is -2.44. The minimum atomic E-state index is -1.21. The van der Waals surface area contributed by atoms with E-state index in [1.54, 1.807) is 6.92 Å². The Morgan fingerprint density at radius 2 is 2.08 bits per heavy atom. The van der Waals surface area contributed by atoms with Crippen molar-refractivity contribution < 1.29 is 14.0 Å². The van der Waals surface area contributed by atoms with Crippen molar-refractivity contribution in [1.29, 1.82) is 0 Å². The van der Waals surface area contributed by atoms with E-state index >= 15 is 0 Å². The Kier molecular flexibility index (Phi) is 4.60. The van der Waals surface area contributed by atoms with E-state index in [4.69, 9.17) is 0 Å². The number of aromatic nitrogens is 1. The van der Waals surface area contributed by atoms with Crippen LogP contribution in [0.25, 0.3) is 0 Å². The average Bonchev–Trinajstić information content (AvgIpc) is 2.97. The van der Waals surface area contributed by atoms with Crippen LogP contribution in [0.4, 0.5) is 14.3 Å². The zero-order valence-corrected chi connectivity index (χ0v) is 15.2. The predicted molar refractivity (Wildman–Crippen MR) is 95.9 cm³/mol. The van der Waals surface area contributed by atoms with Crippen molar-refractivity contribution in [3.63, 3.8) is 0 Å². The maximum absolute atomic E-state index is 12.7. The third-order valence-electron chi connectivity index (χ3n) is 4.38.